The van der Waals surface area contributed by atoms with E-state index in [1.54, 1.807) is 12.1 Å². The van der Waals surface area contributed by atoms with Gasteiger partial charge in [0.05, 0.1) is 0 Å². The molecular weight excluding hydrogens is 202 g/mol. The zero-order valence-electron chi connectivity index (χ0n) is 9.23. The summed E-state index contributed by atoms with van der Waals surface area (Å²) in [5.41, 5.74) is 0.756. The van der Waals surface area contributed by atoms with E-state index in [9.17, 15) is 9.90 Å². The van der Waals surface area contributed by atoms with Gasteiger partial charge in [0, 0.05) is 11.5 Å². The monoisotopic (exact) mass is 219 g/mol. The van der Waals surface area contributed by atoms with Crippen LogP contribution in [0.5, 0.6) is 5.75 Å². The van der Waals surface area contributed by atoms with Crippen molar-refractivity contribution in [2.24, 2.45) is 5.92 Å². The summed E-state index contributed by atoms with van der Waals surface area (Å²) >= 11 is 0. The van der Waals surface area contributed by atoms with Crippen LogP contribution in [0.3, 0.4) is 0 Å². The van der Waals surface area contributed by atoms with Crippen LogP contribution in [-0.4, -0.2) is 24.5 Å². The molecule has 0 aromatic heterocycles. The van der Waals surface area contributed by atoms with E-state index in [2.05, 4.69) is 5.32 Å². The molecule has 0 aliphatic carbocycles. The molecule has 0 amide bonds. The summed E-state index contributed by atoms with van der Waals surface area (Å²) in [7, 11) is 0. The average molecular weight is 219 g/mol. The molecule has 1 aliphatic rings. The summed E-state index contributed by atoms with van der Waals surface area (Å²) in [5.74, 6) is 0.346. The van der Waals surface area contributed by atoms with E-state index < -0.39 is 0 Å². The third-order valence-corrected chi connectivity index (χ3v) is 3.29. The SMILES string of the molecule is O=CC(c1ccccc1O)C1CCCNC1. The number of para-hydroxylation sites is 1. The first-order chi connectivity index (χ1) is 7.83. The van der Waals surface area contributed by atoms with E-state index in [1.807, 2.05) is 12.1 Å². The fraction of sp³-hybridized carbons (Fsp3) is 0.462. The van der Waals surface area contributed by atoms with E-state index in [4.69, 9.17) is 0 Å². The Morgan fingerprint density at radius 3 is 2.88 bits per heavy atom. The Balaban J connectivity index is 2.21. The van der Waals surface area contributed by atoms with Gasteiger partial charge >= 0.3 is 0 Å². The summed E-state index contributed by atoms with van der Waals surface area (Å²) in [5, 5.41) is 13.1. The van der Waals surface area contributed by atoms with Crippen molar-refractivity contribution in [1.29, 1.82) is 0 Å². The lowest BCUT2D eigenvalue weighted by Crippen LogP contribution is -2.33. The smallest absolute Gasteiger partial charge is 0.127 e. The highest BCUT2D eigenvalue weighted by molar-refractivity contribution is 5.65. The van der Waals surface area contributed by atoms with Gasteiger partial charge in [-0.25, -0.2) is 0 Å². The Bertz CT molecular complexity index is 359. The highest BCUT2D eigenvalue weighted by Crippen LogP contribution is 2.32. The first-order valence-corrected chi connectivity index (χ1v) is 5.77. The number of hydrogen-bond acceptors (Lipinski definition) is 3. The molecule has 0 saturated carbocycles. The Morgan fingerprint density at radius 1 is 1.44 bits per heavy atom. The van der Waals surface area contributed by atoms with Gasteiger partial charge in [-0.1, -0.05) is 18.2 Å². The molecule has 0 radical (unpaired) electrons. The Kier molecular flexibility index (Phi) is 3.57. The van der Waals surface area contributed by atoms with E-state index in [-0.39, 0.29) is 11.7 Å². The quantitative estimate of drug-likeness (QED) is 0.760. The van der Waals surface area contributed by atoms with Crippen molar-refractivity contribution < 1.29 is 9.90 Å². The summed E-state index contributed by atoms with van der Waals surface area (Å²) in [6.45, 7) is 1.89. The number of aldehydes is 1. The standard InChI is InChI=1S/C13H17NO2/c15-9-12(10-4-3-7-14-8-10)11-5-1-2-6-13(11)16/h1-2,5-6,9-10,12,14,16H,3-4,7-8H2. The van der Waals surface area contributed by atoms with Gasteiger partial charge in [-0.3, -0.25) is 0 Å². The van der Waals surface area contributed by atoms with Gasteiger partial charge in [0.15, 0.2) is 0 Å². The van der Waals surface area contributed by atoms with Gasteiger partial charge in [-0.2, -0.15) is 0 Å². The lowest BCUT2D eigenvalue weighted by molar-refractivity contribution is -0.110. The molecule has 1 aromatic carbocycles. The molecule has 3 heteroatoms. The number of carbonyl (C=O) groups is 1. The van der Waals surface area contributed by atoms with Crippen LogP contribution in [0.15, 0.2) is 24.3 Å². The minimum absolute atomic E-state index is 0.186. The molecule has 2 atom stereocenters. The van der Waals surface area contributed by atoms with E-state index in [1.165, 1.54) is 0 Å². The zero-order chi connectivity index (χ0) is 11.4. The van der Waals surface area contributed by atoms with Crippen molar-refractivity contribution in [2.45, 2.75) is 18.8 Å². The van der Waals surface area contributed by atoms with E-state index in [0.29, 0.717) is 5.92 Å². The van der Waals surface area contributed by atoms with Crippen molar-refractivity contribution in [2.75, 3.05) is 13.1 Å². The average Bonchev–Trinajstić information content (AvgIpc) is 2.34. The van der Waals surface area contributed by atoms with Crippen molar-refractivity contribution in [1.82, 2.24) is 5.32 Å². The largest absolute Gasteiger partial charge is 0.508 e. The summed E-state index contributed by atoms with van der Waals surface area (Å²) in [6, 6.07) is 7.12. The number of carbonyl (C=O) groups excluding carboxylic acids is 1. The summed E-state index contributed by atoms with van der Waals surface area (Å²) in [6.07, 6.45) is 3.11. The maximum atomic E-state index is 11.2. The Morgan fingerprint density at radius 2 is 2.25 bits per heavy atom. The lowest BCUT2D eigenvalue weighted by atomic mass is 9.82. The van der Waals surface area contributed by atoms with E-state index in [0.717, 1.165) is 37.8 Å². The highest BCUT2D eigenvalue weighted by Gasteiger charge is 2.26. The lowest BCUT2D eigenvalue weighted by Gasteiger charge is -2.28. The number of aromatic hydroxyl groups is 1. The first kappa shape index (κ1) is 11.1. The molecule has 86 valence electrons. The normalized spacial score (nSPS) is 22.6. The first-order valence-electron chi connectivity index (χ1n) is 5.77. The fourth-order valence-electron chi connectivity index (χ4n) is 2.39. The minimum atomic E-state index is -0.186. The van der Waals surface area contributed by atoms with Crippen LogP contribution >= 0.6 is 0 Å². The number of nitrogens with one attached hydrogen (secondary N) is 1. The van der Waals surface area contributed by atoms with Gasteiger partial charge in [-0.05, 0) is 37.9 Å². The van der Waals surface area contributed by atoms with Crippen LogP contribution in [-0.2, 0) is 4.79 Å². The molecule has 1 aromatic rings. The second-order valence-corrected chi connectivity index (χ2v) is 4.33. The van der Waals surface area contributed by atoms with Gasteiger partial charge in [0.2, 0.25) is 0 Å². The van der Waals surface area contributed by atoms with Crippen LogP contribution in [0.2, 0.25) is 0 Å². The number of phenols is 1. The van der Waals surface area contributed by atoms with Crippen LogP contribution in [0, 0.1) is 5.92 Å². The van der Waals surface area contributed by atoms with E-state index >= 15 is 0 Å². The molecule has 1 fully saturated rings. The van der Waals surface area contributed by atoms with Crippen LogP contribution < -0.4 is 5.32 Å². The predicted molar refractivity (Wildman–Crippen MR) is 62.5 cm³/mol. The molecule has 2 unspecified atom stereocenters. The third kappa shape index (κ3) is 2.25. The third-order valence-electron chi connectivity index (χ3n) is 3.29. The van der Waals surface area contributed by atoms with Gasteiger partial charge in [-0.15, -0.1) is 0 Å². The Labute approximate surface area is 95.5 Å². The van der Waals surface area contributed by atoms with Crippen molar-refractivity contribution in [3.63, 3.8) is 0 Å². The van der Waals surface area contributed by atoms with Gasteiger partial charge in [0.1, 0.15) is 12.0 Å². The molecule has 1 heterocycles. The maximum absolute atomic E-state index is 11.2. The number of piperidine rings is 1. The van der Waals surface area contributed by atoms with Crippen LogP contribution in [0.25, 0.3) is 0 Å². The summed E-state index contributed by atoms with van der Waals surface area (Å²) < 4.78 is 0. The molecule has 2 rings (SSSR count). The zero-order valence-corrected chi connectivity index (χ0v) is 9.23. The van der Waals surface area contributed by atoms with Gasteiger partial charge in [0.25, 0.3) is 0 Å². The molecule has 3 nitrogen and oxygen atoms in total. The van der Waals surface area contributed by atoms with Crippen LogP contribution in [0.1, 0.15) is 24.3 Å². The molecule has 0 bridgehead atoms. The molecule has 0 spiro atoms. The number of benzene rings is 1. The van der Waals surface area contributed by atoms with Crippen molar-refractivity contribution >= 4 is 6.29 Å². The molecule has 1 aliphatic heterocycles. The molecule has 1 saturated heterocycles. The second kappa shape index (κ2) is 5.12. The minimum Gasteiger partial charge on any atom is -0.508 e. The van der Waals surface area contributed by atoms with Gasteiger partial charge < -0.3 is 15.2 Å². The molecule has 16 heavy (non-hydrogen) atoms. The predicted octanol–water partition coefficient (Wildman–Crippen LogP) is 1.67. The second-order valence-electron chi connectivity index (χ2n) is 4.33. The molecular formula is C13H17NO2. The Hall–Kier alpha value is -1.35. The number of rotatable bonds is 3. The highest BCUT2D eigenvalue weighted by atomic mass is 16.3. The van der Waals surface area contributed by atoms with Crippen molar-refractivity contribution in [3.05, 3.63) is 29.8 Å². The molecule has 2 N–H and O–H groups in total. The maximum Gasteiger partial charge on any atom is 0.127 e. The van der Waals surface area contributed by atoms with Crippen LogP contribution in [0.4, 0.5) is 0 Å². The topological polar surface area (TPSA) is 49.3 Å². The number of phenolic OH excluding ortho intramolecular Hbond substituents is 1. The number of hydrogen-bond donors (Lipinski definition) is 2. The van der Waals surface area contributed by atoms with Crippen molar-refractivity contribution in [3.8, 4) is 5.75 Å². The summed E-state index contributed by atoms with van der Waals surface area (Å²) in [4.78, 5) is 11.2. The fourth-order valence-corrected chi connectivity index (χ4v) is 2.39.